The third kappa shape index (κ3) is 8.06. The molecule has 0 saturated heterocycles. The molecule has 132 valence electrons. The van der Waals surface area contributed by atoms with Crippen LogP contribution >= 0.6 is 0 Å². The van der Waals surface area contributed by atoms with Crippen molar-refractivity contribution in [3.8, 4) is 0 Å². The Kier molecular flexibility index (Phi) is 9.70. The highest BCUT2D eigenvalue weighted by Crippen LogP contribution is 2.27. The number of ketones is 1. The molecule has 0 aromatic rings. The van der Waals surface area contributed by atoms with Gasteiger partial charge >= 0.3 is 5.97 Å². The van der Waals surface area contributed by atoms with Gasteiger partial charge in [0.25, 0.3) is 0 Å². The minimum absolute atomic E-state index is 0.0194. The first-order valence-corrected chi connectivity index (χ1v) is 8.64. The molecule has 0 bridgehead atoms. The largest absolute Gasteiger partial charge is 0.481 e. The van der Waals surface area contributed by atoms with Crippen LogP contribution < -0.4 is 0 Å². The molecule has 0 spiro atoms. The second-order valence-corrected chi connectivity index (χ2v) is 6.01. The van der Waals surface area contributed by atoms with E-state index in [-0.39, 0.29) is 24.0 Å². The zero-order valence-electron chi connectivity index (χ0n) is 14.3. The molecule has 1 aliphatic carbocycles. The van der Waals surface area contributed by atoms with Crippen LogP contribution in [0.3, 0.4) is 0 Å². The third-order valence-corrected chi connectivity index (χ3v) is 3.97. The summed E-state index contributed by atoms with van der Waals surface area (Å²) >= 11 is 0. The lowest BCUT2D eigenvalue weighted by Gasteiger charge is -2.13. The molecule has 0 saturated carbocycles. The molecule has 3 unspecified atom stereocenters. The second-order valence-electron chi connectivity index (χ2n) is 6.01. The van der Waals surface area contributed by atoms with Crippen LogP contribution in [0.2, 0.25) is 0 Å². The Balaban J connectivity index is 2.42. The zero-order valence-corrected chi connectivity index (χ0v) is 14.3. The molecule has 0 aromatic heterocycles. The van der Waals surface area contributed by atoms with Gasteiger partial charge in [0.2, 0.25) is 0 Å². The maximum absolute atomic E-state index is 11.9. The molecule has 0 aliphatic heterocycles. The smallest absolute Gasteiger partial charge is 0.303 e. The Morgan fingerprint density at radius 3 is 2.79 bits per heavy atom. The molecule has 4 nitrogen and oxygen atoms in total. The minimum atomic E-state index is -0.781. The number of hydrogen-bond acceptors (Lipinski definition) is 3. The average Bonchev–Trinajstić information content (AvgIpc) is 2.89. The first kappa shape index (κ1) is 20.1. The van der Waals surface area contributed by atoms with Crippen LogP contribution in [0, 0.1) is 11.8 Å². The first-order chi connectivity index (χ1) is 11.5. The van der Waals surface area contributed by atoms with Crippen molar-refractivity contribution in [3.05, 3.63) is 48.6 Å². The van der Waals surface area contributed by atoms with Gasteiger partial charge < -0.3 is 10.2 Å². The summed E-state index contributed by atoms with van der Waals surface area (Å²) in [6.45, 7) is 2.05. The normalized spacial score (nSPS) is 22.3. The van der Waals surface area contributed by atoms with Gasteiger partial charge in [0.05, 0.1) is 6.10 Å². The lowest BCUT2D eigenvalue weighted by atomic mass is 9.90. The molecule has 0 radical (unpaired) electrons. The van der Waals surface area contributed by atoms with Crippen LogP contribution in [0.25, 0.3) is 0 Å². The molecule has 2 N–H and O–H groups in total. The van der Waals surface area contributed by atoms with Crippen molar-refractivity contribution < 1.29 is 19.8 Å². The van der Waals surface area contributed by atoms with Gasteiger partial charge in [-0.1, -0.05) is 49.5 Å². The van der Waals surface area contributed by atoms with Gasteiger partial charge in [-0.3, -0.25) is 9.59 Å². The summed E-state index contributed by atoms with van der Waals surface area (Å²) in [5.74, 6) is -0.766. The number of carbonyl (C=O) groups is 2. The van der Waals surface area contributed by atoms with Crippen LogP contribution in [0.5, 0.6) is 0 Å². The summed E-state index contributed by atoms with van der Waals surface area (Å²) in [7, 11) is 0. The first-order valence-electron chi connectivity index (χ1n) is 8.64. The fraction of sp³-hybridized carbons (Fsp3) is 0.500. The number of unbranched alkanes of at least 4 members (excludes halogenated alkanes) is 1. The quantitative estimate of drug-likeness (QED) is 0.445. The van der Waals surface area contributed by atoms with E-state index in [0.717, 1.165) is 6.42 Å². The standard InChI is InChI=1S/C20H28O4/c1-2-3-6-9-17(21)14-12-16-13-15-19(22)18(16)10-7-4-5-8-11-20(23)24/h3-4,6-7,12-18,21H,2,5,8-11H2,1H3,(H,23,24)/b6-3+,7-4+,14-12+. The molecule has 4 heteroatoms. The molecule has 0 aromatic carbocycles. The van der Waals surface area contributed by atoms with Gasteiger partial charge in [-0.2, -0.15) is 0 Å². The fourth-order valence-electron chi connectivity index (χ4n) is 2.59. The van der Waals surface area contributed by atoms with Crippen LogP contribution in [0.1, 0.15) is 45.4 Å². The SMILES string of the molecule is CC/C=C/CC(O)/C=C/C1C=CC(=O)C1C/C=C/CCCC(=O)O. The number of allylic oxidation sites excluding steroid dienone is 6. The van der Waals surface area contributed by atoms with E-state index in [1.54, 1.807) is 12.2 Å². The summed E-state index contributed by atoms with van der Waals surface area (Å²) in [6, 6.07) is 0. The minimum Gasteiger partial charge on any atom is -0.481 e. The van der Waals surface area contributed by atoms with Crippen LogP contribution in [-0.2, 0) is 9.59 Å². The van der Waals surface area contributed by atoms with E-state index in [1.165, 1.54) is 0 Å². The van der Waals surface area contributed by atoms with E-state index in [9.17, 15) is 14.7 Å². The van der Waals surface area contributed by atoms with Gasteiger partial charge in [0.1, 0.15) is 0 Å². The maximum atomic E-state index is 11.9. The van der Waals surface area contributed by atoms with Crippen LogP contribution in [0.4, 0.5) is 0 Å². The highest BCUT2D eigenvalue weighted by Gasteiger charge is 2.27. The molecule has 0 heterocycles. The summed E-state index contributed by atoms with van der Waals surface area (Å²) in [5.41, 5.74) is 0. The summed E-state index contributed by atoms with van der Waals surface area (Å²) in [4.78, 5) is 22.4. The van der Waals surface area contributed by atoms with E-state index in [2.05, 4.69) is 0 Å². The molecular weight excluding hydrogens is 304 g/mol. The number of aliphatic hydroxyl groups is 1. The Morgan fingerprint density at radius 1 is 1.29 bits per heavy atom. The van der Waals surface area contributed by atoms with Gasteiger partial charge in [0, 0.05) is 18.3 Å². The number of hydrogen-bond donors (Lipinski definition) is 2. The predicted octanol–water partition coefficient (Wildman–Crippen LogP) is 3.83. The molecular formula is C20H28O4. The van der Waals surface area contributed by atoms with E-state index in [0.29, 0.717) is 25.7 Å². The Labute approximate surface area is 144 Å². The van der Waals surface area contributed by atoms with E-state index >= 15 is 0 Å². The highest BCUT2D eigenvalue weighted by molar-refractivity contribution is 5.95. The number of aliphatic hydroxyl groups excluding tert-OH is 1. The lowest BCUT2D eigenvalue weighted by Crippen LogP contribution is -2.14. The Hall–Kier alpha value is -1.94. The number of carboxylic acids is 1. The van der Waals surface area contributed by atoms with E-state index < -0.39 is 12.1 Å². The van der Waals surface area contributed by atoms with Gasteiger partial charge in [-0.15, -0.1) is 0 Å². The Bertz CT molecular complexity index is 514. The molecule has 1 aliphatic rings. The van der Waals surface area contributed by atoms with Gasteiger partial charge in [0.15, 0.2) is 5.78 Å². The number of aliphatic carboxylic acids is 1. The summed E-state index contributed by atoms with van der Waals surface area (Å²) in [6.07, 6.45) is 18.2. The van der Waals surface area contributed by atoms with Crippen molar-refractivity contribution in [1.82, 2.24) is 0 Å². The van der Waals surface area contributed by atoms with E-state index in [4.69, 9.17) is 5.11 Å². The molecule has 1 rings (SSSR count). The monoisotopic (exact) mass is 332 g/mol. The van der Waals surface area contributed by atoms with Crippen molar-refractivity contribution in [2.75, 3.05) is 0 Å². The van der Waals surface area contributed by atoms with Crippen LogP contribution in [0.15, 0.2) is 48.6 Å². The number of carbonyl (C=O) groups excluding carboxylic acids is 1. The maximum Gasteiger partial charge on any atom is 0.303 e. The fourth-order valence-corrected chi connectivity index (χ4v) is 2.59. The predicted molar refractivity (Wildman–Crippen MR) is 95.6 cm³/mol. The zero-order chi connectivity index (χ0) is 17.8. The second kappa shape index (κ2) is 11.6. The van der Waals surface area contributed by atoms with E-state index in [1.807, 2.05) is 43.4 Å². The molecule has 0 amide bonds. The van der Waals surface area contributed by atoms with Crippen molar-refractivity contribution in [2.24, 2.45) is 11.8 Å². The Morgan fingerprint density at radius 2 is 2.08 bits per heavy atom. The van der Waals surface area contributed by atoms with Crippen molar-refractivity contribution in [3.63, 3.8) is 0 Å². The number of rotatable bonds is 11. The van der Waals surface area contributed by atoms with Crippen molar-refractivity contribution in [1.29, 1.82) is 0 Å². The number of carboxylic acid groups (broad SMARTS) is 1. The summed E-state index contributed by atoms with van der Waals surface area (Å²) < 4.78 is 0. The molecule has 3 atom stereocenters. The molecule has 0 fully saturated rings. The molecule has 24 heavy (non-hydrogen) atoms. The lowest BCUT2D eigenvalue weighted by molar-refractivity contribution is -0.137. The van der Waals surface area contributed by atoms with Crippen LogP contribution in [-0.4, -0.2) is 28.1 Å². The topological polar surface area (TPSA) is 74.6 Å². The van der Waals surface area contributed by atoms with Crippen molar-refractivity contribution in [2.45, 2.75) is 51.6 Å². The van der Waals surface area contributed by atoms with Gasteiger partial charge in [-0.25, -0.2) is 0 Å². The summed E-state index contributed by atoms with van der Waals surface area (Å²) in [5, 5.41) is 18.5. The average molecular weight is 332 g/mol. The highest BCUT2D eigenvalue weighted by atomic mass is 16.4. The third-order valence-electron chi connectivity index (χ3n) is 3.97. The van der Waals surface area contributed by atoms with Crippen molar-refractivity contribution >= 4 is 11.8 Å². The van der Waals surface area contributed by atoms with Gasteiger partial charge in [-0.05, 0) is 38.2 Å².